The highest BCUT2D eigenvalue weighted by molar-refractivity contribution is 7.89. The van der Waals surface area contributed by atoms with E-state index in [9.17, 15) is 13.2 Å². The van der Waals surface area contributed by atoms with Crippen LogP contribution in [0.15, 0.2) is 11.6 Å². The van der Waals surface area contributed by atoms with Crippen LogP contribution >= 0.6 is 0 Å². The average Bonchev–Trinajstić information content (AvgIpc) is 2.26. The second-order valence-electron chi connectivity index (χ2n) is 3.60. The third-order valence-corrected chi connectivity index (χ3v) is 3.59. The predicted molar refractivity (Wildman–Crippen MR) is 59.6 cm³/mol. The molecular weight excluding hydrogens is 232 g/mol. The molecule has 3 N–H and O–H groups in total. The van der Waals surface area contributed by atoms with Crippen molar-refractivity contribution in [3.8, 4) is 0 Å². The van der Waals surface area contributed by atoms with Crippen molar-refractivity contribution >= 4 is 16.0 Å². The van der Waals surface area contributed by atoms with E-state index < -0.39 is 16.0 Å². The molecule has 0 radical (unpaired) electrons. The van der Waals surface area contributed by atoms with Crippen LogP contribution in [0.3, 0.4) is 0 Å². The quantitative estimate of drug-likeness (QED) is 0.540. The lowest BCUT2D eigenvalue weighted by atomic mass is 10.1. The molecule has 0 atom stereocenters. The summed E-state index contributed by atoms with van der Waals surface area (Å²) in [6, 6.07) is 0. The fourth-order valence-corrected chi connectivity index (χ4v) is 2.32. The average molecular weight is 248 g/mol. The van der Waals surface area contributed by atoms with E-state index in [1.165, 1.54) is 0 Å². The summed E-state index contributed by atoms with van der Waals surface area (Å²) in [7, 11) is -3.47. The van der Waals surface area contributed by atoms with E-state index >= 15 is 0 Å². The van der Waals surface area contributed by atoms with Gasteiger partial charge in [-0.25, -0.2) is 13.1 Å². The third-order valence-electron chi connectivity index (χ3n) is 2.26. The van der Waals surface area contributed by atoms with Gasteiger partial charge in [0.1, 0.15) is 0 Å². The summed E-state index contributed by atoms with van der Waals surface area (Å²) >= 11 is 0. The maximum Gasteiger partial charge on any atom is 0.304 e. The van der Waals surface area contributed by atoms with E-state index in [1.807, 2.05) is 6.08 Å². The number of carboxylic acid groups (broad SMARTS) is 1. The van der Waals surface area contributed by atoms with E-state index in [0.29, 0.717) is 0 Å². The number of sulfonamides is 1. The van der Waals surface area contributed by atoms with Gasteiger partial charge in [0.25, 0.3) is 0 Å². The Labute approximate surface area is 94.8 Å². The Balaban J connectivity index is 2.35. The first kappa shape index (κ1) is 13.1. The zero-order valence-corrected chi connectivity index (χ0v) is 9.72. The maximum absolute atomic E-state index is 11.4. The van der Waals surface area contributed by atoms with Crippen molar-refractivity contribution in [1.82, 2.24) is 10.0 Å². The van der Waals surface area contributed by atoms with Crippen LogP contribution in [0.1, 0.15) is 12.8 Å². The number of hydrogen-bond donors (Lipinski definition) is 3. The van der Waals surface area contributed by atoms with Crippen LogP contribution in [0.5, 0.6) is 0 Å². The van der Waals surface area contributed by atoms with Gasteiger partial charge in [0.2, 0.25) is 10.0 Å². The van der Waals surface area contributed by atoms with E-state index in [2.05, 4.69) is 10.0 Å². The van der Waals surface area contributed by atoms with Gasteiger partial charge in [-0.2, -0.15) is 0 Å². The largest absolute Gasteiger partial charge is 0.481 e. The van der Waals surface area contributed by atoms with Crippen molar-refractivity contribution < 1.29 is 18.3 Å². The minimum atomic E-state index is -3.47. The van der Waals surface area contributed by atoms with Crippen LogP contribution in [-0.4, -0.2) is 44.9 Å². The Morgan fingerprint density at radius 2 is 2.31 bits per heavy atom. The lowest BCUT2D eigenvalue weighted by molar-refractivity contribution is -0.136. The van der Waals surface area contributed by atoms with Gasteiger partial charge in [-0.3, -0.25) is 4.79 Å². The van der Waals surface area contributed by atoms with Crippen molar-refractivity contribution in [3.05, 3.63) is 11.6 Å². The monoisotopic (exact) mass is 248 g/mol. The first-order valence-electron chi connectivity index (χ1n) is 5.07. The SMILES string of the molecule is O=C(O)CCS(=O)(=O)NCC1=CCNCC1. The first-order valence-corrected chi connectivity index (χ1v) is 6.72. The van der Waals surface area contributed by atoms with Gasteiger partial charge in [0.05, 0.1) is 12.2 Å². The number of aliphatic carboxylic acids is 1. The van der Waals surface area contributed by atoms with Crippen molar-refractivity contribution in [2.45, 2.75) is 12.8 Å². The van der Waals surface area contributed by atoms with Crippen molar-refractivity contribution in [2.24, 2.45) is 0 Å². The maximum atomic E-state index is 11.4. The minimum Gasteiger partial charge on any atom is -0.481 e. The van der Waals surface area contributed by atoms with E-state index in [0.717, 1.165) is 25.1 Å². The Kier molecular flexibility index (Phi) is 4.91. The lowest BCUT2D eigenvalue weighted by Crippen LogP contribution is -2.31. The zero-order valence-electron chi connectivity index (χ0n) is 8.90. The van der Waals surface area contributed by atoms with Gasteiger partial charge in [0.15, 0.2) is 0 Å². The second-order valence-corrected chi connectivity index (χ2v) is 5.53. The zero-order chi connectivity index (χ0) is 12.0. The summed E-state index contributed by atoms with van der Waals surface area (Å²) in [5.74, 6) is -1.47. The molecule has 0 amide bonds. The van der Waals surface area contributed by atoms with Crippen LogP contribution in [-0.2, 0) is 14.8 Å². The van der Waals surface area contributed by atoms with Crippen molar-refractivity contribution in [2.75, 3.05) is 25.4 Å². The molecule has 0 aromatic carbocycles. The number of rotatable bonds is 6. The van der Waals surface area contributed by atoms with Crippen molar-refractivity contribution in [1.29, 1.82) is 0 Å². The predicted octanol–water partition coefficient (Wildman–Crippen LogP) is -0.700. The molecule has 0 saturated carbocycles. The molecule has 1 aliphatic rings. The van der Waals surface area contributed by atoms with E-state index in [-0.39, 0.29) is 18.7 Å². The third kappa shape index (κ3) is 5.24. The lowest BCUT2D eigenvalue weighted by Gasteiger charge is -2.14. The molecule has 0 aromatic heterocycles. The summed E-state index contributed by atoms with van der Waals surface area (Å²) in [4.78, 5) is 10.2. The standard InChI is InChI=1S/C9H16N2O4S/c12-9(13)3-6-16(14,15)11-7-8-1-4-10-5-2-8/h1,10-11H,2-7H2,(H,12,13). The molecule has 0 saturated heterocycles. The Morgan fingerprint density at radius 3 is 2.88 bits per heavy atom. The fourth-order valence-electron chi connectivity index (χ4n) is 1.33. The first-order chi connectivity index (χ1) is 7.49. The fraction of sp³-hybridized carbons (Fsp3) is 0.667. The molecule has 92 valence electrons. The molecule has 1 rings (SSSR count). The summed E-state index contributed by atoms with van der Waals surface area (Å²) in [5.41, 5.74) is 1.04. The number of hydrogen-bond acceptors (Lipinski definition) is 4. The highest BCUT2D eigenvalue weighted by atomic mass is 32.2. The molecule has 0 spiro atoms. The van der Waals surface area contributed by atoms with E-state index in [1.54, 1.807) is 0 Å². The normalized spacial score (nSPS) is 16.9. The molecule has 0 bridgehead atoms. The molecule has 0 fully saturated rings. The summed E-state index contributed by atoms with van der Waals surface area (Å²) in [6.45, 7) is 1.89. The molecule has 16 heavy (non-hydrogen) atoms. The number of nitrogens with one attached hydrogen (secondary N) is 2. The topological polar surface area (TPSA) is 95.5 Å². The molecule has 0 unspecified atom stereocenters. The van der Waals surface area contributed by atoms with Gasteiger partial charge in [-0.1, -0.05) is 11.6 Å². The van der Waals surface area contributed by atoms with Gasteiger partial charge in [0, 0.05) is 13.1 Å². The van der Waals surface area contributed by atoms with Crippen LogP contribution in [0.4, 0.5) is 0 Å². The van der Waals surface area contributed by atoms with Gasteiger partial charge < -0.3 is 10.4 Å². The highest BCUT2D eigenvalue weighted by Gasteiger charge is 2.13. The van der Waals surface area contributed by atoms with E-state index in [4.69, 9.17) is 5.11 Å². The molecule has 1 heterocycles. The number of carbonyl (C=O) groups is 1. The van der Waals surface area contributed by atoms with Crippen LogP contribution in [0, 0.1) is 0 Å². The summed E-state index contributed by atoms with van der Waals surface area (Å²) in [5, 5.41) is 11.5. The molecule has 0 aliphatic carbocycles. The van der Waals surface area contributed by atoms with Gasteiger partial charge >= 0.3 is 5.97 Å². The Bertz CT molecular complexity index is 375. The summed E-state index contributed by atoms with van der Waals surface area (Å²) < 4.78 is 25.1. The van der Waals surface area contributed by atoms with Gasteiger partial charge in [-0.05, 0) is 13.0 Å². The molecule has 7 heteroatoms. The van der Waals surface area contributed by atoms with Gasteiger partial charge in [-0.15, -0.1) is 0 Å². The highest BCUT2D eigenvalue weighted by Crippen LogP contribution is 2.03. The Hall–Kier alpha value is -0.920. The van der Waals surface area contributed by atoms with Crippen LogP contribution in [0.2, 0.25) is 0 Å². The minimum absolute atomic E-state index is 0.281. The second kappa shape index (κ2) is 5.97. The van der Waals surface area contributed by atoms with Crippen LogP contribution in [0.25, 0.3) is 0 Å². The Morgan fingerprint density at radius 1 is 1.56 bits per heavy atom. The van der Waals surface area contributed by atoms with Crippen LogP contribution < -0.4 is 10.0 Å². The summed E-state index contributed by atoms with van der Waals surface area (Å²) in [6.07, 6.45) is 2.40. The molecule has 6 nitrogen and oxygen atoms in total. The van der Waals surface area contributed by atoms with Crippen molar-refractivity contribution in [3.63, 3.8) is 0 Å². The molecule has 0 aromatic rings. The molecule has 1 aliphatic heterocycles. The molecular formula is C9H16N2O4S. The smallest absolute Gasteiger partial charge is 0.304 e. The number of carboxylic acids is 1.